The molecule has 2 aromatic rings. The summed E-state index contributed by atoms with van der Waals surface area (Å²) in [7, 11) is 0. The molecule has 0 aromatic carbocycles. The van der Waals surface area contributed by atoms with Crippen LogP contribution < -0.4 is 5.73 Å². The highest BCUT2D eigenvalue weighted by Gasteiger charge is 2.45. The number of fused-ring (bicyclic) bond motifs is 1. The third-order valence-electron chi connectivity index (χ3n) is 7.87. The van der Waals surface area contributed by atoms with Crippen molar-refractivity contribution in [2.45, 2.75) is 134 Å². The van der Waals surface area contributed by atoms with Gasteiger partial charge in [-0.05, 0) is 31.4 Å². The van der Waals surface area contributed by atoms with Gasteiger partial charge in [0.15, 0.2) is 11.4 Å². The van der Waals surface area contributed by atoms with Gasteiger partial charge in [-0.1, -0.05) is 103 Å². The molecule has 2 N–H and O–H groups in total. The van der Waals surface area contributed by atoms with Gasteiger partial charge in [0, 0.05) is 0 Å². The Morgan fingerprint density at radius 1 is 1.00 bits per heavy atom. The number of nitrogens with two attached hydrogens (primary N) is 1. The lowest BCUT2D eigenvalue weighted by atomic mass is 9.98. The number of nitrogens with zero attached hydrogens (tertiary/aromatic N) is 4. The minimum Gasteiger partial charge on any atom is -0.434 e. The molecule has 9 heteroatoms. The minimum absolute atomic E-state index is 0.0433. The fourth-order valence-electron chi connectivity index (χ4n) is 5.48. The lowest BCUT2D eigenvalue weighted by Gasteiger charge is -2.21. The smallest absolute Gasteiger partial charge is 0.434 e. The van der Waals surface area contributed by atoms with E-state index in [0.717, 1.165) is 12.8 Å². The number of ether oxygens (including phenoxy) is 3. The van der Waals surface area contributed by atoms with Gasteiger partial charge in [-0.3, -0.25) is 0 Å². The lowest BCUT2D eigenvalue weighted by Crippen LogP contribution is -2.29. The average Bonchev–Trinajstić information content (AvgIpc) is 3.59. The first-order valence-corrected chi connectivity index (χ1v) is 15.6. The number of rotatable bonds is 20. The standard InChI is InChI=1S/C31H49N5O4/c1-2-3-4-5-6-7-8-9-10-11-12-13-14-15-16-17-22-38-30(37)39-23-26-20-21-31(24-32,40-26)28-19-18-27-29(33)34-25-35-36(27)28/h18-19,25-26H,2-17,20-23H2,1H3,(H2,33,34,35)/t26-,31-/m0/s1. The van der Waals surface area contributed by atoms with Gasteiger partial charge in [0.25, 0.3) is 0 Å². The predicted molar refractivity (Wildman–Crippen MR) is 156 cm³/mol. The Bertz CT molecular complexity index is 1050. The first-order valence-electron chi connectivity index (χ1n) is 15.6. The summed E-state index contributed by atoms with van der Waals surface area (Å²) < 4.78 is 18.1. The summed E-state index contributed by atoms with van der Waals surface area (Å²) in [6, 6.07) is 5.83. The number of carbonyl (C=O) groups is 1. The molecule has 2 aromatic heterocycles. The fraction of sp³-hybridized carbons (Fsp3) is 0.742. The molecule has 0 amide bonds. The molecule has 0 unspecified atom stereocenters. The molecule has 3 rings (SSSR count). The van der Waals surface area contributed by atoms with Crippen LogP contribution in [0, 0.1) is 11.3 Å². The summed E-state index contributed by atoms with van der Waals surface area (Å²) >= 11 is 0. The van der Waals surface area contributed by atoms with Crippen LogP contribution in [0.3, 0.4) is 0 Å². The van der Waals surface area contributed by atoms with Crippen molar-refractivity contribution in [2.24, 2.45) is 0 Å². The summed E-state index contributed by atoms with van der Waals surface area (Å²) in [6.07, 6.45) is 22.2. The van der Waals surface area contributed by atoms with Gasteiger partial charge in [0.2, 0.25) is 0 Å². The Hall–Kier alpha value is -2.86. The van der Waals surface area contributed by atoms with E-state index in [9.17, 15) is 10.1 Å². The second-order valence-electron chi connectivity index (χ2n) is 11.1. The zero-order valence-corrected chi connectivity index (χ0v) is 24.5. The van der Waals surface area contributed by atoms with E-state index in [0.29, 0.717) is 36.5 Å². The quantitative estimate of drug-likeness (QED) is 0.131. The van der Waals surface area contributed by atoms with Crippen molar-refractivity contribution in [3.63, 3.8) is 0 Å². The van der Waals surface area contributed by atoms with Crippen molar-refractivity contribution >= 4 is 17.5 Å². The summed E-state index contributed by atoms with van der Waals surface area (Å²) in [5.41, 5.74) is 5.94. The number of nitriles is 1. The summed E-state index contributed by atoms with van der Waals surface area (Å²) in [5.74, 6) is 0.333. The van der Waals surface area contributed by atoms with E-state index in [2.05, 4.69) is 23.1 Å². The van der Waals surface area contributed by atoms with Crippen molar-refractivity contribution < 1.29 is 19.0 Å². The second-order valence-corrected chi connectivity index (χ2v) is 11.1. The third-order valence-corrected chi connectivity index (χ3v) is 7.87. The van der Waals surface area contributed by atoms with Gasteiger partial charge < -0.3 is 19.9 Å². The number of aromatic nitrogens is 3. The third kappa shape index (κ3) is 9.96. The maximum Gasteiger partial charge on any atom is 0.508 e. The molecule has 1 fully saturated rings. The molecule has 40 heavy (non-hydrogen) atoms. The summed E-state index contributed by atoms with van der Waals surface area (Å²) in [4.78, 5) is 16.0. The first kappa shape index (κ1) is 31.7. The molecular formula is C31H49N5O4. The normalized spacial score (nSPS) is 18.6. The molecule has 0 radical (unpaired) electrons. The monoisotopic (exact) mass is 555 g/mol. The van der Waals surface area contributed by atoms with E-state index in [4.69, 9.17) is 19.9 Å². The van der Waals surface area contributed by atoms with E-state index in [-0.39, 0.29) is 6.61 Å². The number of anilines is 1. The summed E-state index contributed by atoms with van der Waals surface area (Å²) in [6.45, 7) is 2.68. The Morgan fingerprint density at radius 2 is 1.60 bits per heavy atom. The number of hydrogen-bond donors (Lipinski definition) is 1. The highest BCUT2D eigenvalue weighted by atomic mass is 16.7. The predicted octanol–water partition coefficient (Wildman–Crippen LogP) is 7.62. The van der Waals surface area contributed by atoms with Crippen molar-refractivity contribution in [2.75, 3.05) is 18.9 Å². The Kier molecular flexibility index (Phi) is 14.1. The molecule has 1 aliphatic rings. The van der Waals surface area contributed by atoms with E-state index in [1.165, 1.54) is 96.2 Å². The maximum absolute atomic E-state index is 12.0. The van der Waals surface area contributed by atoms with Gasteiger partial charge in [0.05, 0.1) is 18.4 Å². The Morgan fingerprint density at radius 3 is 2.20 bits per heavy atom. The van der Waals surface area contributed by atoms with Crippen LogP contribution in [-0.2, 0) is 19.8 Å². The summed E-state index contributed by atoms with van der Waals surface area (Å²) in [5, 5.41) is 14.2. The van der Waals surface area contributed by atoms with Crippen LogP contribution in [0.25, 0.3) is 5.52 Å². The fourth-order valence-corrected chi connectivity index (χ4v) is 5.48. The topological polar surface area (TPSA) is 125 Å². The molecule has 0 saturated carbocycles. The van der Waals surface area contributed by atoms with Gasteiger partial charge in [-0.2, -0.15) is 10.4 Å². The SMILES string of the molecule is CCCCCCCCCCCCCCCCCCOC(=O)OC[C@@H]1CC[C@](C#N)(c2ccc3c(N)ncnn23)O1. The van der Waals surface area contributed by atoms with Crippen LogP contribution in [0.15, 0.2) is 18.5 Å². The molecule has 9 nitrogen and oxygen atoms in total. The molecule has 3 heterocycles. The molecule has 1 aliphatic heterocycles. The van der Waals surface area contributed by atoms with Gasteiger partial charge in [-0.15, -0.1) is 0 Å². The highest BCUT2D eigenvalue weighted by molar-refractivity contribution is 5.66. The van der Waals surface area contributed by atoms with Gasteiger partial charge >= 0.3 is 6.16 Å². The van der Waals surface area contributed by atoms with Crippen molar-refractivity contribution in [1.29, 1.82) is 5.26 Å². The van der Waals surface area contributed by atoms with Crippen molar-refractivity contribution in [3.8, 4) is 6.07 Å². The number of unbranched alkanes of at least 4 members (excludes halogenated alkanes) is 15. The molecule has 0 aliphatic carbocycles. The van der Waals surface area contributed by atoms with E-state index in [1.807, 2.05) is 0 Å². The first-order chi connectivity index (χ1) is 19.6. The van der Waals surface area contributed by atoms with Crippen LogP contribution in [0.2, 0.25) is 0 Å². The van der Waals surface area contributed by atoms with Crippen LogP contribution in [0.4, 0.5) is 10.6 Å². The van der Waals surface area contributed by atoms with Crippen LogP contribution in [-0.4, -0.2) is 40.1 Å². The average molecular weight is 556 g/mol. The highest BCUT2D eigenvalue weighted by Crippen LogP contribution is 2.39. The largest absolute Gasteiger partial charge is 0.508 e. The van der Waals surface area contributed by atoms with Gasteiger partial charge in [-0.25, -0.2) is 14.3 Å². The van der Waals surface area contributed by atoms with Crippen LogP contribution in [0.1, 0.15) is 128 Å². The molecule has 0 bridgehead atoms. The number of carbonyl (C=O) groups excluding carboxylic acids is 1. The Balaban J connectivity index is 1.17. The van der Waals surface area contributed by atoms with Crippen LogP contribution >= 0.6 is 0 Å². The van der Waals surface area contributed by atoms with Crippen LogP contribution in [0.5, 0.6) is 0 Å². The second kappa shape index (κ2) is 17.8. The lowest BCUT2D eigenvalue weighted by molar-refractivity contribution is -0.0463. The zero-order chi connectivity index (χ0) is 28.5. The maximum atomic E-state index is 12.0. The van der Waals surface area contributed by atoms with Crippen molar-refractivity contribution in [1.82, 2.24) is 14.6 Å². The molecule has 0 spiro atoms. The molecule has 222 valence electrons. The zero-order valence-electron chi connectivity index (χ0n) is 24.5. The van der Waals surface area contributed by atoms with Gasteiger partial charge in [0.1, 0.15) is 24.5 Å². The van der Waals surface area contributed by atoms with E-state index < -0.39 is 17.9 Å². The van der Waals surface area contributed by atoms with E-state index in [1.54, 1.807) is 16.6 Å². The minimum atomic E-state index is -1.18. The van der Waals surface area contributed by atoms with Crippen molar-refractivity contribution in [3.05, 3.63) is 24.2 Å². The molecular weight excluding hydrogens is 506 g/mol. The number of hydrogen-bond acceptors (Lipinski definition) is 8. The molecule has 2 atom stereocenters. The molecule has 1 saturated heterocycles. The van der Waals surface area contributed by atoms with E-state index >= 15 is 0 Å². The Labute approximate surface area is 239 Å². The number of nitrogen functional groups attached to an aromatic ring is 1.